The number of hydrogen-bond donors (Lipinski definition) is 1. The minimum Gasteiger partial charge on any atom is -0.481 e. The van der Waals surface area contributed by atoms with Crippen molar-refractivity contribution in [2.24, 2.45) is 0 Å². The molecule has 0 radical (unpaired) electrons. The van der Waals surface area contributed by atoms with Gasteiger partial charge in [-0.15, -0.1) is 0 Å². The number of unbranched alkanes of at least 4 members (excludes halogenated alkanes) is 1. The molecule has 1 amide bonds. The summed E-state index contributed by atoms with van der Waals surface area (Å²) in [5.41, 5.74) is 0. The fraction of sp³-hybridized carbons (Fsp3) is 0.462. The number of halogens is 1. The molecule has 1 N–H and O–H groups in total. The van der Waals surface area contributed by atoms with Crippen LogP contribution in [0, 0.1) is 0 Å². The van der Waals surface area contributed by atoms with E-state index >= 15 is 0 Å². The van der Waals surface area contributed by atoms with Gasteiger partial charge in [-0.25, -0.2) is 0 Å². The normalized spacial score (nSPS) is 11.9. The van der Waals surface area contributed by atoms with Crippen LogP contribution in [0.5, 0.6) is 5.75 Å². The van der Waals surface area contributed by atoms with E-state index < -0.39 is 6.10 Å². The van der Waals surface area contributed by atoms with Crippen molar-refractivity contribution in [1.82, 2.24) is 5.32 Å². The largest absolute Gasteiger partial charge is 0.481 e. The lowest BCUT2D eigenvalue weighted by Crippen LogP contribution is -2.36. The Morgan fingerprint density at radius 1 is 1.41 bits per heavy atom. The van der Waals surface area contributed by atoms with Gasteiger partial charge in [0.1, 0.15) is 5.75 Å². The van der Waals surface area contributed by atoms with Gasteiger partial charge in [-0.2, -0.15) is 0 Å². The first-order valence-electron chi connectivity index (χ1n) is 5.83. The molecule has 0 spiro atoms. The number of nitrogens with one attached hydrogen (secondary N) is 1. The quantitative estimate of drug-likeness (QED) is 0.794. The molecule has 0 aliphatic heterocycles. The molecule has 0 bridgehead atoms. The summed E-state index contributed by atoms with van der Waals surface area (Å²) in [6.45, 7) is 4.51. The van der Waals surface area contributed by atoms with Crippen molar-refractivity contribution in [3.8, 4) is 5.75 Å². The van der Waals surface area contributed by atoms with Gasteiger partial charge in [-0.05, 0) is 37.6 Å². The van der Waals surface area contributed by atoms with Gasteiger partial charge in [-0.3, -0.25) is 4.79 Å². The van der Waals surface area contributed by atoms with Crippen molar-refractivity contribution in [1.29, 1.82) is 0 Å². The van der Waals surface area contributed by atoms with Crippen molar-refractivity contribution < 1.29 is 9.53 Å². The van der Waals surface area contributed by atoms with Crippen molar-refractivity contribution in [2.45, 2.75) is 32.8 Å². The molecule has 17 heavy (non-hydrogen) atoms. The van der Waals surface area contributed by atoms with Crippen molar-refractivity contribution >= 4 is 17.5 Å². The molecule has 3 nitrogen and oxygen atoms in total. The second-order valence-electron chi connectivity index (χ2n) is 3.86. The molecule has 0 saturated heterocycles. The number of ether oxygens (including phenoxy) is 1. The number of benzene rings is 1. The van der Waals surface area contributed by atoms with Gasteiger partial charge in [-0.1, -0.05) is 24.9 Å². The van der Waals surface area contributed by atoms with Crippen LogP contribution in [-0.4, -0.2) is 18.6 Å². The summed E-state index contributed by atoms with van der Waals surface area (Å²) in [5.74, 6) is 0.556. The van der Waals surface area contributed by atoms with Gasteiger partial charge in [0.05, 0.1) is 0 Å². The van der Waals surface area contributed by atoms with E-state index in [9.17, 15) is 4.79 Å². The highest BCUT2D eigenvalue weighted by molar-refractivity contribution is 6.30. The number of carbonyl (C=O) groups excluding carboxylic acids is 1. The van der Waals surface area contributed by atoms with Gasteiger partial charge in [0.15, 0.2) is 6.10 Å². The first-order chi connectivity index (χ1) is 8.13. The maximum atomic E-state index is 11.6. The van der Waals surface area contributed by atoms with Crippen LogP contribution in [0.4, 0.5) is 0 Å². The Balaban J connectivity index is 2.40. The zero-order chi connectivity index (χ0) is 12.7. The van der Waals surface area contributed by atoms with E-state index in [-0.39, 0.29) is 5.91 Å². The molecule has 0 aliphatic carbocycles. The van der Waals surface area contributed by atoms with Crippen molar-refractivity contribution in [2.75, 3.05) is 6.54 Å². The molecule has 0 aromatic heterocycles. The smallest absolute Gasteiger partial charge is 0.260 e. The Hall–Kier alpha value is -1.22. The van der Waals surface area contributed by atoms with Gasteiger partial charge in [0.25, 0.3) is 5.91 Å². The van der Waals surface area contributed by atoms with Crippen LogP contribution in [-0.2, 0) is 4.79 Å². The molecule has 0 saturated carbocycles. The molecule has 1 rings (SSSR count). The van der Waals surface area contributed by atoms with Gasteiger partial charge >= 0.3 is 0 Å². The van der Waals surface area contributed by atoms with Crippen LogP contribution >= 0.6 is 11.6 Å². The first-order valence-corrected chi connectivity index (χ1v) is 6.21. The average molecular weight is 256 g/mol. The fourth-order valence-electron chi connectivity index (χ4n) is 1.30. The van der Waals surface area contributed by atoms with E-state index in [0.717, 1.165) is 12.8 Å². The molecule has 0 unspecified atom stereocenters. The number of hydrogen-bond acceptors (Lipinski definition) is 2. The van der Waals surface area contributed by atoms with Crippen molar-refractivity contribution in [3.05, 3.63) is 29.3 Å². The Labute approximate surface area is 107 Å². The number of amides is 1. The summed E-state index contributed by atoms with van der Waals surface area (Å²) in [4.78, 5) is 11.6. The molecular formula is C13H18ClNO2. The lowest BCUT2D eigenvalue weighted by molar-refractivity contribution is -0.127. The lowest BCUT2D eigenvalue weighted by atomic mass is 10.3. The summed E-state index contributed by atoms with van der Waals surface area (Å²) < 4.78 is 5.49. The number of rotatable bonds is 6. The molecule has 4 heteroatoms. The van der Waals surface area contributed by atoms with Gasteiger partial charge < -0.3 is 10.1 Å². The average Bonchev–Trinajstić information content (AvgIpc) is 2.32. The van der Waals surface area contributed by atoms with Gasteiger partial charge in [0.2, 0.25) is 0 Å². The highest BCUT2D eigenvalue weighted by Gasteiger charge is 2.13. The Bertz CT molecular complexity index is 351. The lowest BCUT2D eigenvalue weighted by Gasteiger charge is -2.14. The van der Waals surface area contributed by atoms with E-state index in [1.807, 2.05) is 0 Å². The summed E-state index contributed by atoms with van der Waals surface area (Å²) in [5, 5.41) is 3.48. The van der Waals surface area contributed by atoms with Crippen LogP contribution in [0.25, 0.3) is 0 Å². The van der Waals surface area contributed by atoms with Crippen molar-refractivity contribution in [3.63, 3.8) is 0 Å². The highest BCUT2D eigenvalue weighted by Crippen LogP contribution is 2.16. The SMILES string of the molecule is CCCCNC(=O)[C@H](C)Oc1ccc(Cl)cc1. The third-order valence-electron chi connectivity index (χ3n) is 2.33. The molecular weight excluding hydrogens is 238 g/mol. The molecule has 0 fully saturated rings. The third-order valence-corrected chi connectivity index (χ3v) is 2.58. The predicted octanol–water partition coefficient (Wildman–Crippen LogP) is 3.02. The summed E-state index contributed by atoms with van der Waals surface area (Å²) in [7, 11) is 0. The minimum absolute atomic E-state index is 0.0894. The summed E-state index contributed by atoms with van der Waals surface area (Å²) in [6.07, 6.45) is 1.56. The first kappa shape index (κ1) is 13.8. The second-order valence-corrected chi connectivity index (χ2v) is 4.30. The second kappa shape index (κ2) is 7.17. The van der Waals surface area contributed by atoms with Crippen LogP contribution in [0.15, 0.2) is 24.3 Å². The Morgan fingerprint density at radius 2 is 2.06 bits per heavy atom. The zero-order valence-electron chi connectivity index (χ0n) is 10.2. The van der Waals surface area contributed by atoms with E-state index in [1.165, 1.54) is 0 Å². The summed E-state index contributed by atoms with van der Waals surface area (Å²) >= 11 is 5.76. The standard InChI is InChI=1S/C13H18ClNO2/c1-3-4-9-15-13(16)10(2)17-12-7-5-11(14)6-8-12/h5-8,10H,3-4,9H2,1-2H3,(H,15,16)/t10-/m0/s1. The highest BCUT2D eigenvalue weighted by atomic mass is 35.5. The van der Waals surface area contributed by atoms with Crippen LogP contribution in [0.3, 0.4) is 0 Å². The van der Waals surface area contributed by atoms with E-state index in [0.29, 0.717) is 17.3 Å². The van der Waals surface area contributed by atoms with Crippen LogP contribution < -0.4 is 10.1 Å². The molecule has 1 atom stereocenters. The molecule has 0 aliphatic rings. The maximum absolute atomic E-state index is 11.6. The monoisotopic (exact) mass is 255 g/mol. The molecule has 1 aromatic carbocycles. The fourth-order valence-corrected chi connectivity index (χ4v) is 1.43. The Kier molecular flexibility index (Phi) is 5.84. The topological polar surface area (TPSA) is 38.3 Å². The zero-order valence-corrected chi connectivity index (χ0v) is 11.0. The predicted molar refractivity (Wildman–Crippen MR) is 69.5 cm³/mol. The molecule has 1 aromatic rings. The number of carbonyl (C=O) groups is 1. The third kappa shape index (κ3) is 5.09. The van der Waals surface area contributed by atoms with Crippen LogP contribution in [0.1, 0.15) is 26.7 Å². The van der Waals surface area contributed by atoms with Crippen LogP contribution in [0.2, 0.25) is 5.02 Å². The molecule has 0 heterocycles. The summed E-state index contributed by atoms with van der Waals surface area (Å²) in [6, 6.07) is 6.97. The van der Waals surface area contributed by atoms with E-state index in [4.69, 9.17) is 16.3 Å². The minimum atomic E-state index is -0.493. The Morgan fingerprint density at radius 3 is 2.65 bits per heavy atom. The maximum Gasteiger partial charge on any atom is 0.260 e. The van der Waals surface area contributed by atoms with E-state index in [2.05, 4.69) is 12.2 Å². The van der Waals surface area contributed by atoms with Gasteiger partial charge in [0, 0.05) is 11.6 Å². The molecule has 94 valence electrons. The van der Waals surface area contributed by atoms with E-state index in [1.54, 1.807) is 31.2 Å².